The number of anilines is 2. The van der Waals surface area contributed by atoms with Crippen LogP contribution in [0.1, 0.15) is 39.2 Å². The molecule has 1 amide bonds. The number of aryl methyl sites for hydroxylation is 1. The van der Waals surface area contributed by atoms with Gasteiger partial charge in [0.1, 0.15) is 0 Å². The van der Waals surface area contributed by atoms with Gasteiger partial charge in [-0.05, 0) is 43.5 Å². The normalized spacial score (nSPS) is 11.2. The lowest BCUT2D eigenvalue weighted by molar-refractivity contribution is -0.114. The van der Waals surface area contributed by atoms with E-state index >= 15 is 0 Å². The molecule has 0 fully saturated rings. The maximum Gasteiger partial charge on any atom is 0.221 e. The molecule has 0 spiro atoms. The number of hydrogen-bond acceptors (Lipinski definition) is 3. The van der Waals surface area contributed by atoms with Crippen LogP contribution in [0.4, 0.5) is 11.4 Å². The van der Waals surface area contributed by atoms with Crippen molar-refractivity contribution in [1.29, 1.82) is 0 Å². The Morgan fingerprint density at radius 3 is 2.40 bits per heavy atom. The second-order valence-corrected chi connectivity index (χ2v) is 5.43. The predicted octanol–water partition coefficient (Wildman–Crippen LogP) is 3.16. The van der Waals surface area contributed by atoms with Crippen molar-refractivity contribution in [3.8, 4) is 0 Å². The highest BCUT2D eigenvalue weighted by Gasteiger charge is 2.24. The van der Waals surface area contributed by atoms with Gasteiger partial charge in [-0.15, -0.1) is 0 Å². The third kappa shape index (κ3) is 4.23. The standard InChI is InChI=1S/C16H26N2O2/c1-5-16(6-2,11-19)10-17-14-7-8-15(12(3)9-14)18-13(4)20/h7-9,17,19H,5-6,10-11H2,1-4H3,(H,18,20). The van der Waals surface area contributed by atoms with E-state index < -0.39 is 0 Å². The van der Waals surface area contributed by atoms with Gasteiger partial charge in [-0.3, -0.25) is 4.79 Å². The fourth-order valence-electron chi connectivity index (χ4n) is 2.17. The van der Waals surface area contributed by atoms with Crippen LogP contribution in [-0.4, -0.2) is 24.2 Å². The highest BCUT2D eigenvalue weighted by molar-refractivity contribution is 5.89. The molecule has 0 aromatic heterocycles. The molecule has 0 radical (unpaired) electrons. The van der Waals surface area contributed by atoms with Gasteiger partial charge >= 0.3 is 0 Å². The van der Waals surface area contributed by atoms with E-state index in [9.17, 15) is 9.90 Å². The second kappa shape index (κ2) is 7.29. The molecule has 0 atom stereocenters. The van der Waals surface area contributed by atoms with E-state index in [4.69, 9.17) is 0 Å². The Morgan fingerprint density at radius 2 is 1.95 bits per heavy atom. The Balaban J connectivity index is 2.74. The first kappa shape index (κ1) is 16.5. The van der Waals surface area contributed by atoms with Gasteiger partial charge in [0.2, 0.25) is 5.91 Å². The first-order chi connectivity index (χ1) is 9.46. The average Bonchev–Trinajstić information content (AvgIpc) is 2.43. The summed E-state index contributed by atoms with van der Waals surface area (Å²) in [6.45, 7) is 8.61. The zero-order valence-corrected chi connectivity index (χ0v) is 12.9. The number of benzene rings is 1. The number of carbonyl (C=O) groups excluding carboxylic acids is 1. The Labute approximate surface area is 121 Å². The quantitative estimate of drug-likeness (QED) is 0.718. The van der Waals surface area contributed by atoms with Crippen LogP contribution in [0, 0.1) is 12.3 Å². The van der Waals surface area contributed by atoms with Gasteiger partial charge in [-0.25, -0.2) is 0 Å². The van der Waals surface area contributed by atoms with Gasteiger partial charge in [-0.2, -0.15) is 0 Å². The SMILES string of the molecule is CCC(CC)(CO)CNc1ccc(NC(C)=O)c(C)c1. The van der Waals surface area contributed by atoms with Gasteiger partial charge in [0.25, 0.3) is 0 Å². The Bertz CT molecular complexity index is 446. The van der Waals surface area contributed by atoms with E-state index in [-0.39, 0.29) is 17.9 Å². The molecule has 1 aromatic carbocycles. The van der Waals surface area contributed by atoms with Crippen molar-refractivity contribution in [3.05, 3.63) is 23.8 Å². The number of hydrogen-bond donors (Lipinski definition) is 3. The highest BCUT2D eigenvalue weighted by atomic mass is 16.3. The molecular formula is C16H26N2O2. The highest BCUT2D eigenvalue weighted by Crippen LogP contribution is 2.27. The second-order valence-electron chi connectivity index (χ2n) is 5.43. The van der Waals surface area contributed by atoms with Gasteiger partial charge in [0.05, 0.1) is 6.61 Å². The Morgan fingerprint density at radius 1 is 1.30 bits per heavy atom. The zero-order chi connectivity index (χ0) is 15.2. The number of rotatable bonds is 7. The number of aliphatic hydroxyl groups excluding tert-OH is 1. The molecule has 0 aliphatic rings. The van der Waals surface area contributed by atoms with E-state index in [1.54, 1.807) is 0 Å². The molecule has 4 heteroatoms. The average molecular weight is 278 g/mol. The van der Waals surface area contributed by atoms with Crippen LogP contribution >= 0.6 is 0 Å². The summed E-state index contributed by atoms with van der Waals surface area (Å²) in [5.74, 6) is -0.0647. The summed E-state index contributed by atoms with van der Waals surface area (Å²) in [5.41, 5.74) is 2.80. The van der Waals surface area contributed by atoms with Crippen molar-refractivity contribution in [2.24, 2.45) is 5.41 Å². The maximum atomic E-state index is 11.1. The summed E-state index contributed by atoms with van der Waals surface area (Å²) in [6, 6.07) is 5.86. The number of carbonyl (C=O) groups is 1. The maximum absolute atomic E-state index is 11.1. The Hall–Kier alpha value is -1.55. The number of amides is 1. The first-order valence-electron chi connectivity index (χ1n) is 7.19. The topological polar surface area (TPSA) is 61.4 Å². The first-order valence-corrected chi connectivity index (χ1v) is 7.19. The molecule has 0 aliphatic heterocycles. The molecule has 0 saturated heterocycles. The van der Waals surface area contributed by atoms with Crippen LogP contribution in [0.5, 0.6) is 0 Å². The molecule has 20 heavy (non-hydrogen) atoms. The number of aliphatic hydroxyl groups is 1. The summed E-state index contributed by atoms with van der Waals surface area (Å²) < 4.78 is 0. The predicted molar refractivity (Wildman–Crippen MR) is 84.1 cm³/mol. The van der Waals surface area contributed by atoms with Crippen molar-refractivity contribution >= 4 is 17.3 Å². The van der Waals surface area contributed by atoms with E-state index in [2.05, 4.69) is 24.5 Å². The van der Waals surface area contributed by atoms with Crippen LogP contribution in [0.3, 0.4) is 0 Å². The molecule has 0 saturated carbocycles. The molecule has 0 unspecified atom stereocenters. The van der Waals surface area contributed by atoms with Crippen LogP contribution in [0.25, 0.3) is 0 Å². The van der Waals surface area contributed by atoms with Gasteiger partial charge < -0.3 is 15.7 Å². The summed E-state index contributed by atoms with van der Waals surface area (Å²) in [7, 11) is 0. The minimum Gasteiger partial charge on any atom is -0.396 e. The van der Waals surface area contributed by atoms with Crippen molar-refractivity contribution in [1.82, 2.24) is 0 Å². The monoisotopic (exact) mass is 278 g/mol. The molecule has 0 heterocycles. The minimum atomic E-state index is -0.0653. The van der Waals surface area contributed by atoms with Crippen LogP contribution in [0.2, 0.25) is 0 Å². The molecular weight excluding hydrogens is 252 g/mol. The third-order valence-corrected chi connectivity index (χ3v) is 4.04. The van der Waals surface area contributed by atoms with E-state index in [0.29, 0.717) is 0 Å². The largest absolute Gasteiger partial charge is 0.396 e. The van der Waals surface area contributed by atoms with E-state index in [0.717, 1.165) is 36.3 Å². The van der Waals surface area contributed by atoms with E-state index in [1.807, 2.05) is 25.1 Å². The van der Waals surface area contributed by atoms with Crippen molar-refractivity contribution < 1.29 is 9.90 Å². The molecule has 4 nitrogen and oxygen atoms in total. The molecule has 112 valence electrons. The fourth-order valence-corrected chi connectivity index (χ4v) is 2.17. The molecule has 1 rings (SSSR count). The lowest BCUT2D eigenvalue weighted by Crippen LogP contribution is -2.32. The summed E-state index contributed by atoms with van der Waals surface area (Å²) in [5, 5.41) is 15.8. The molecule has 3 N–H and O–H groups in total. The van der Waals surface area contributed by atoms with Crippen molar-refractivity contribution in [3.63, 3.8) is 0 Å². The minimum absolute atomic E-state index is 0.0647. The van der Waals surface area contributed by atoms with Crippen molar-refractivity contribution in [2.45, 2.75) is 40.5 Å². The zero-order valence-electron chi connectivity index (χ0n) is 12.9. The van der Waals surface area contributed by atoms with Crippen molar-refractivity contribution in [2.75, 3.05) is 23.8 Å². The van der Waals surface area contributed by atoms with Crippen LogP contribution in [-0.2, 0) is 4.79 Å². The molecule has 1 aromatic rings. The molecule has 0 aliphatic carbocycles. The fraction of sp³-hybridized carbons (Fsp3) is 0.562. The number of nitrogens with one attached hydrogen (secondary N) is 2. The molecule has 0 bridgehead atoms. The van der Waals surface area contributed by atoms with Gasteiger partial charge in [0.15, 0.2) is 0 Å². The van der Waals surface area contributed by atoms with E-state index in [1.165, 1.54) is 6.92 Å². The summed E-state index contributed by atoms with van der Waals surface area (Å²) in [6.07, 6.45) is 1.88. The van der Waals surface area contributed by atoms with Gasteiger partial charge in [0, 0.05) is 30.3 Å². The summed E-state index contributed by atoms with van der Waals surface area (Å²) in [4.78, 5) is 11.1. The summed E-state index contributed by atoms with van der Waals surface area (Å²) >= 11 is 0. The van der Waals surface area contributed by atoms with Gasteiger partial charge in [-0.1, -0.05) is 13.8 Å². The lowest BCUT2D eigenvalue weighted by Gasteiger charge is -2.30. The van der Waals surface area contributed by atoms with Crippen LogP contribution in [0.15, 0.2) is 18.2 Å². The Kier molecular flexibility index (Phi) is 6.02. The third-order valence-electron chi connectivity index (χ3n) is 4.04. The van der Waals surface area contributed by atoms with Crippen LogP contribution < -0.4 is 10.6 Å². The lowest BCUT2D eigenvalue weighted by atomic mass is 9.83. The smallest absolute Gasteiger partial charge is 0.221 e.